The highest BCUT2D eigenvalue weighted by atomic mass is 16.5. The molecule has 0 unspecified atom stereocenters. The van der Waals surface area contributed by atoms with Crippen LogP contribution in [0.1, 0.15) is 328 Å². The Bertz CT molecular complexity index is 1040. The van der Waals surface area contributed by atoms with Crippen molar-refractivity contribution in [2.45, 2.75) is 329 Å². The number of unbranched alkanes of at least 4 members (excludes halogenated alkanes) is 44. The molecular weight excluding hydrogens is 785 g/mol. The van der Waals surface area contributed by atoms with E-state index in [4.69, 9.17) is 14.2 Å². The molecule has 4 heteroatoms. The second kappa shape index (κ2) is 51.0. The molecule has 0 heterocycles. The SMILES string of the molecule is CCCCCCCCCCCCCCCCCCOc1cc(CO)cc(OCCCCCCCCCCCCCCCCC)c1OCCCCCCCCCCCCCCCCCC. The molecule has 1 aromatic carbocycles. The van der Waals surface area contributed by atoms with Crippen molar-refractivity contribution in [2.75, 3.05) is 19.8 Å². The summed E-state index contributed by atoms with van der Waals surface area (Å²) in [5, 5.41) is 10.2. The monoisotopic (exact) mass is 899 g/mol. The third-order valence-electron chi connectivity index (χ3n) is 13.8. The van der Waals surface area contributed by atoms with Crippen molar-refractivity contribution in [3.63, 3.8) is 0 Å². The van der Waals surface area contributed by atoms with Crippen LogP contribution >= 0.6 is 0 Å². The first-order valence-electron chi connectivity index (χ1n) is 29.4. The van der Waals surface area contributed by atoms with E-state index in [0.717, 1.165) is 42.1 Å². The van der Waals surface area contributed by atoms with Gasteiger partial charge in [-0.2, -0.15) is 0 Å². The van der Waals surface area contributed by atoms with Gasteiger partial charge >= 0.3 is 0 Å². The van der Waals surface area contributed by atoms with Crippen molar-refractivity contribution in [3.05, 3.63) is 17.7 Å². The lowest BCUT2D eigenvalue weighted by Gasteiger charge is -2.18. The number of aliphatic hydroxyl groups is 1. The molecule has 0 fully saturated rings. The quantitative estimate of drug-likeness (QED) is 0.0662. The Hall–Kier alpha value is -1.42. The van der Waals surface area contributed by atoms with E-state index in [0.29, 0.717) is 19.8 Å². The van der Waals surface area contributed by atoms with Gasteiger partial charge in [0.1, 0.15) is 0 Å². The van der Waals surface area contributed by atoms with Crippen LogP contribution in [-0.4, -0.2) is 24.9 Å². The van der Waals surface area contributed by atoms with Crippen molar-refractivity contribution >= 4 is 0 Å². The lowest BCUT2D eigenvalue weighted by molar-refractivity contribution is 0.231. The number of ether oxygens (including phenoxy) is 3. The highest BCUT2D eigenvalue weighted by molar-refractivity contribution is 5.54. The van der Waals surface area contributed by atoms with Crippen LogP contribution in [0.3, 0.4) is 0 Å². The molecule has 1 aromatic rings. The summed E-state index contributed by atoms with van der Waals surface area (Å²) in [7, 11) is 0. The predicted molar refractivity (Wildman–Crippen MR) is 283 cm³/mol. The number of rotatable bonds is 54. The fraction of sp³-hybridized carbons (Fsp3) is 0.900. The Morgan fingerprint density at radius 1 is 0.266 bits per heavy atom. The fourth-order valence-electron chi connectivity index (χ4n) is 9.39. The standard InChI is InChI=1S/C60H114O4/c1-4-7-10-13-16-19-22-25-28-31-34-37-40-43-46-49-52-63-59-55-57(56-61)54-58(62-51-48-45-42-39-36-33-30-27-24-21-18-15-12-9-6-3)60(59)64-53-50-47-44-41-38-35-32-29-26-23-20-17-14-11-8-5-2/h54-55,61H,4-53,56H2,1-3H3. The van der Waals surface area contributed by atoms with E-state index in [1.807, 2.05) is 12.1 Å². The molecule has 0 saturated carbocycles. The maximum Gasteiger partial charge on any atom is 0.203 e. The zero-order valence-electron chi connectivity index (χ0n) is 43.9. The van der Waals surface area contributed by atoms with Crippen molar-refractivity contribution in [2.24, 2.45) is 0 Å². The minimum Gasteiger partial charge on any atom is -0.490 e. The van der Waals surface area contributed by atoms with Crippen LogP contribution in [0.25, 0.3) is 0 Å². The van der Waals surface area contributed by atoms with Crippen LogP contribution in [0.5, 0.6) is 17.2 Å². The lowest BCUT2D eigenvalue weighted by Crippen LogP contribution is -2.07. The Kier molecular flexibility index (Phi) is 48.3. The van der Waals surface area contributed by atoms with Gasteiger partial charge < -0.3 is 19.3 Å². The molecule has 0 aliphatic carbocycles. The smallest absolute Gasteiger partial charge is 0.203 e. The van der Waals surface area contributed by atoms with Gasteiger partial charge in [-0.3, -0.25) is 0 Å². The highest BCUT2D eigenvalue weighted by Crippen LogP contribution is 2.40. The summed E-state index contributed by atoms with van der Waals surface area (Å²) < 4.78 is 19.4. The van der Waals surface area contributed by atoms with E-state index in [2.05, 4.69) is 20.8 Å². The van der Waals surface area contributed by atoms with Crippen LogP contribution in [0, 0.1) is 0 Å². The third-order valence-corrected chi connectivity index (χ3v) is 13.8. The van der Waals surface area contributed by atoms with Gasteiger partial charge in [-0.25, -0.2) is 0 Å². The fourth-order valence-corrected chi connectivity index (χ4v) is 9.39. The van der Waals surface area contributed by atoms with E-state index < -0.39 is 0 Å². The summed E-state index contributed by atoms with van der Waals surface area (Å²) in [6.45, 7) is 8.92. The first-order valence-corrected chi connectivity index (χ1v) is 29.4. The predicted octanol–water partition coefficient (Wildman–Crippen LogP) is 20.7. The summed E-state index contributed by atoms with van der Waals surface area (Å²) in [4.78, 5) is 0. The molecule has 0 aromatic heterocycles. The second-order valence-corrected chi connectivity index (χ2v) is 20.2. The molecule has 0 saturated heterocycles. The van der Waals surface area contributed by atoms with Crippen LogP contribution in [0.2, 0.25) is 0 Å². The molecule has 0 amide bonds. The van der Waals surface area contributed by atoms with E-state index in [9.17, 15) is 5.11 Å². The summed E-state index contributed by atoms with van der Waals surface area (Å²) >= 11 is 0. The normalized spacial score (nSPS) is 11.5. The van der Waals surface area contributed by atoms with Gasteiger partial charge in [0.15, 0.2) is 11.5 Å². The molecule has 0 bridgehead atoms. The average Bonchev–Trinajstić information content (AvgIpc) is 3.31. The maximum atomic E-state index is 10.2. The minimum absolute atomic E-state index is 0.0237. The second-order valence-electron chi connectivity index (χ2n) is 20.2. The molecule has 1 rings (SSSR count). The van der Waals surface area contributed by atoms with Crippen LogP contribution in [0.4, 0.5) is 0 Å². The van der Waals surface area contributed by atoms with E-state index in [-0.39, 0.29) is 6.61 Å². The highest BCUT2D eigenvalue weighted by Gasteiger charge is 2.16. The van der Waals surface area contributed by atoms with Crippen molar-refractivity contribution in [1.82, 2.24) is 0 Å². The topological polar surface area (TPSA) is 47.9 Å². The van der Waals surface area contributed by atoms with E-state index >= 15 is 0 Å². The van der Waals surface area contributed by atoms with Gasteiger partial charge in [-0.05, 0) is 37.0 Å². The first kappa shape index (κ1) is 60.6. The largest absolute Gasteiger partial charge is 0.490 e. The Balaban J connectivity index is 2.41. The first-order chi connectivity index (χ1) is 31.8. The number of hydrogen-bond acceptors (Lipinski definition) is 4. The van der Waals surface area contributed by atoms with Crippen LogP contribution < -0.4 is 14.2 Å². The Morgan fingerprint density at radius 2 is 0.453 bits per heavy atom. The van der Waals surface area contributed by atoms with Crippen molar-refractivity contribution in [1.29, 1.82) is 0 Å². The summed E-state index contributed by atoms with van der Waals surface area (Å²) in [6, 6.07) is 3.96. The molecule has 378 valence electrons. The number of aliphatic hydroxyl groups excluding tert-OH is 1. The van der Waals surface area contributed by atoms with Gasteiger partial charge in [-0.1, -0.05) is 303 Å². The van der Waals surface area contributed by atoms with E-state index in [1.54, 1.807) is 0 Å². The van der Waals surface area contributed by atoms with Crippen molar-refractivity contribution in [3.8, 4) is 17.2 Å². The van der Waals surface area contributed by atoms with Gasteiger partial charge in [0, 0.05) is 0 Å². The maximum absolute atomic E-state index is 10.2. The molecule has 0 aliphatic rings. The van der Waals surface area contributed by atoms with Crippen molar-refractivity contribution < 1.29 is 19.3 Å². The summed E-state index contributed by atoms with van der Waals surface area (Å²) in [6.07, 6.45) is 64.1. The van der Waals surface area contributed by atoms with Gasteiger partial charge in [0.05, 0.1) is 26.4 Å². The van der Waals surface area contributed by atoms with Gasteiger partial charge in [0.25, 0.3) is 0 Å². The molecule has 0 radical (unpaired) electrons. The Morgan fingerprint density at radius 3 is 0.656 bits per heavy atom. The Labute approximate surface area is 401 Å². The van der Waals surface area contributed by atoms with Crippen LogP contribution in [-0.2, 0) is 6.61 Å². The zero-order chi connectivity index (χ0) is 45.9. The summed E-state index contributed by atoms with van der Waals surface area (Å²) in [5.41, 5.74) is 0.836. The molecule has 0 atom stereocenters. The van der Waals surface area contributed by atoms with Crippen LogP contribution in [0.15, 0.2) is 12.1 Å². The van der Waals surface area contributed by atoms with Gasteiger partial charge in [-0.15, -0.1) is 0 Å². The van der Waals surface area contributed by atoms with E-state index in [1.165, 1.54) is 283 Å². The molecule has 0 aliphatic heterocycles. The number of hydrogen-bond donors (Lipinski definition) is 1. The zero-order valence-corrected chi connectivity index (χ0v) is 43.9. The molecule has 4 nitrogen and oxygen atoms in total. The molecule has 0 spiro atoms. The minimum atomic E-state index is -0.0237. The molecule has 64 heavy (non-hydrogen) atoms. The lowest BCUT2D eigenvalue weighted by atomic mass is 10.0. The van der Waals surface area contributed by atoms with Gasteiger partial charge in [0.2, 0.25) is 5.75 Å². The third kappa shape index (κ3) is 40.8. The molecular formula is C60H114O4. The number of benzene rings is 1. The molecule has 1 N–H and O–H groups in total. The summed E-state index contributed by atoms with van der Waals surface area (Å²) in [5.74, 6) is 2.24. The average molecular weight is 900 g/mol.